The number of thiophene rings is 1. The normalized spacial score (nSPS) is 12.8. The van der Waals surface area contributed by atoms with E-state index in [9.17, 15) is 0 Å². The molecule has 2 N–H and O–H groups in total. The summed E-state index contributed by atoms with van der Waals surface area (Å²) in [7, 11) is 5.99. The minimum atomic E-state index is 0.297. The minimum absolute atomic E-state index is 0.297. The zero-order valence-electron chi connectivity index (χ0n) is 18.2. The molecule has 0 radical (unpaired) electrons. The predicted molar refractivity (Wildman–Crippen MR) is 122 cm³/mol. The average Bonchev–Trinajstić information content (AvgIpc) is 3.23. The number of likely N-dealkylation sites (N-methyl/N-ethyl adjacent to an activating group) is 1. The van der Waals surface area contributed by atoms with E-state index >= 15 is 0 Å². The number of nitrogens with zero attached hydrogens (tertiary/aromatic N) is 2. The number of hydrogen-bond donors (Lipinski definition) is 2. The van der Waals surface area contributed by atoms with Gasteiger partial charge in [0.15, 0.2) is 5.96 Å². The molecule has 1 atom stereocenters. The van der Waals surface area contributed by atoms with E-state index in [1.165, 1.54) is 10.4 Å². The molecule has 2 rings (SSSR count). The molecule has 1 heterocycles. The van der Waals surface area contributed by atoms with Crippen molar-refractivity contribution in [1.29, 1.82) is 0 Å². The quantitative estimate of drug-likeness (QED) is 0.333. The second-order valence-electron chi connectivity index (χ2n) is 6.96. The van der Waals surface area contributed by atoms with E-state index < -0.39 is 0 Å². The molecule has 0 amide bonds. The first-order valence-corrected chi connectivity index (χ1v) is 10.9. The molecule has 0 bridgehead atoms. The number of hydrogen-bond acceptors (Lipinski definition) is 5. The first-order valence-electron chi connectivity index (χ1n) is 9.99. The fourth-order valence-electron chi connectivity index (χ4n) is 2.91. The standard InChI is InChI=1S/C22H34N4O2S/c1-6-27-11-12-28-20-14-17(2)9-10-18(20)15-24-22(23-3)25-16-19(26(4)5)21-8-7-13-29-21/h7-10,13-14,19H,6,11-12,15-16H2,1-5H3,(H2,23,24,25). The Morgan fingerprint density at radius 1 is 1.21 bits per heavy atom. The summed E-state index contributed by atoms with van der Waals surface area (Å²) < 4.78 is 11.3. The van der Waals surface area contributed by atoms with Gasteiger partial charge in [-0.05, 0) is 51.0 Å². The second-order valence-corrected chi connectivity index (χ2v) is 7.94. The summed E-state index contributed by atoms with van der Waals surface area (Å²) in [4.78, 5) is 7.92. The van der Waals surface area contributed by atoms with Crippen LogP contribution in [0.2, 0.25) is 0 Å². The van der Waals surface area contributed by atoms with E-state index in [1.54, 1.807) is 18.4 Å². The monoisotopic (exact) mass is 418 g/mol. The molecule has 0 fully saturated rings. The molecule has 6 nitrogen and oxygen atoms in total. The number of aliphatic imine (C=N–C) groups is 1. The van der Waals surface area contributed by atoms with Crippen LogP contribution in [0.4, 0.5) is 0 Å². The lowest BCUT2D eigenvalue weighted by Gasteiger charge is -2.24. The van der Waals surface area contributed by atoms with Gasteiger partial charge in [0.1, 0.15) is 12.4 Å². The van der Waals surface area contributed by atoms with Crippen molar-refractivity contribution in [3.8, 4) is 5.75 Å². The molecule has 1 unspecified atom stereocenters. The third-order valence-corrected chi connectivity index (χ3v) is 5.51. The van der Waals surface area contributed by atoms with Gasteiger partial charge in [-0.25, -0.2) is 0 Å². The van der Waals surface area contributed by atoms with Crippen molar-refractivity contribution >= 4 is 17.3 Å². The molecule has 0 spiro atoms. The van der Waals surface area contributed by atoms with Gasteiger partial charge in [-0.2, -0.15) is 0 Å². The maximum Gasteiger partial charge on any atom is 0.191 e. The van der Waals surface area contributed by atoms with Gasteiger partial charge >= 0.3 is 0 Å². The fourth-order valence-corrected chi connectivity index (χ4v) is 3.83. The number of guanidine groups is 1. The Labute approximate surface area is 178 Å². The van der Waals surface area contributed by atoms with E-state index in [1.807, 2.05) is 6.92 Å². The summed E-state index contributed by atoms with van der Waals surface area (Å²) >= 11 is 1.77. The van der Waals surface area contributed by atoms with E-state index in [0.717, 1.165) is 23.8 Å². The largest absolute Gasteiger partial charge is 0.491 e. The van der Waals surface area contributed by atoms with Crippen LogP contribution in [0.15, 0.2) is 40.7 Å². The third-order valence-electron chi connectivity index (χ3n) is 4.54. The first-order chi connectivity index (χ1) is 14.0. The Hall–Kier alpha value is -2.09. The fraction of sp³-hybridized carbons (Fsp3) is 0.500. The molecular formula is C22H34N4O2S. The van der Waals surface area contributed by atoms with Crippen LogP contribution in [-0.2, 0) is 11.3 Å². The highest BCUT2D eigenvalue weighted by molar-refractivity contribution is 7.10. The predicted octanol–water partition coefficient (Wildman–Crippen LogP) is 3.44. The molecular weight excluding hydrogens is 384 g/mol. The highest BCUT2D eigenvalue weighted by Gasteiger charge is 2.15. The molecule has 0 saturated heterocycles. The third kappa shape index (κ3) is 7.68. The van der Waals surface area contributed by atoms with Crippen molar-refractivity contribution in [1.82, 2.24) is 15.5 Å². The molecule has 7 heteroatoms. The van der Waals surface area contributed by atoms with Crippen LogP contribution in [0.3, 0.4) is 0 Å². The Balaban J connectivity index is 1.93. The van der Waals surface area contributed by atoms with Gasteiger partial charge < -0.3 is 25.0 Å². The molecule has 1 aromatic heterocycles. The van der Waals surface area contributed by atoms with Crippen molar-refractivity contribution in [3.05, 3.63) is 51.7 Å². The van der Waals surface area contributed by atoms with Crippen molar-refractivity contribution in [2.75, 3.05) is 47.5 Å². The summed E-state index contributed by atoms with van der Waals surface area (Å²) in [6.45, 7) is 7.30. The lowest BCUT2D eigenvalue weighted by atomic mass is 10.1. The van der Waals surface area contributed by atoms with Crippen LogP contribution in [0, 0.1) is 6.92 Å². The summed E-state index contributed by atoms with van der Waals surface area (Å²) in [5.41, 5.74) is 2.27. The molecule has 160 valence electrons. The maximum absolute atomic E-state index is 5.93. The Morgan fingerprint density at radius 2 is 2.03 bits per heavy atom. The molecule has 0 saturated carbocycles. The van der Waals surface area contributed by atoms with Crippen LogP contribution in [0.1, 0.15) is 29.0 Å². The van der Waals surface area contributed by atoms with E-state index in [-0.39, 0.29) is 0 Å². The zero-order valence-corrected chi connectivity index (χ0v) is 19.0. The maximum atomic E-state index is 5.93. The summed E-state index contributed by atoms with van der Waals surface area (Å²) in [6.07, 6.45) is 0. The lowest BCUT2D eigenvalue weighted by molar-refractivity contribution is 0.110. The molecule has 1 aromatic carbocycles. The van der Waals surface area contributed by atoms with E-state index in [2.05, 4.69) is 77.3 Å². The molecule has 0 aliphatic carbocycles. The van der Waals surface area contributed by atoms with Crippen molar-refractivity contribution < 1.29 is 9.47 Å². The molecule has 0 aliphatic heterocycles. The summed E-state index contributed by atoms with van der Waals surface area (Å²) in [5.74, 6) is 1.66. The number of ether oxygens (including phenoxy) is 2. The van der Waals surface area contributed by atoms with Crippen molar-refractivity contribution in [3.63, 3.8) is 0 Å². The Morgan fingerprint density at radius 3 is 2.69 bits per heavy atom. The van der Waals surface area contributed by atoms with Crippen LogP contribution in [-0.4, -0.2) is 58.4 Å². The van der Waals surface area contributed by atoms with E-state index in [4.69, 9.17) is 9.47 Å². The molecule has 29 heavy (non-hydrogen) atoms. The van der Waals surface area contributed by atoms with Gasteiger partial charge in [0.2, 0.25) is 0 Å². The highest BCUT2D eigenvalue weighted by atomic mass is 32.1. The average molecular weight is 419 g/mol. The summed E-state index contributed by atoms with van der Waals surface area (Å²) in [6, 6.07) is 10.8. The minimum Gasteiger partial charge on any atom is -0.491 e. The second kappa shape index (κ2) is 12.5. The zero-order chi connectivity index (χ0) is 21.1. The van der Waals surface area contributed by atoms with Gasteiger partial charge in [-0.1, -0.05) is 18.2 Å². The van der Waals surface area contributed by atoms with Gasteiger partial charge in [0, 0.05) is 37.2 Å². The van der Waals surface area contributed by atoms with E-state index in [0.29, 0.717) is 32.4 Å². The lowest BCUT2D eigenvalue weighted by Crippen LogP contribution is -2.41. The Bertz CT molecular complexity index is 747. The van der Waals surface area contributed by atoms with Crippen LogP contribution in [0.5, 0.6) is 5.75 Å². The smallest absolute Gasteiger partial charge is 0.191 e. The topological polar surface area (TPSA) is 58.1 Å². The van der Waals surface area contributed by atoms with Crippen molar-refractivity contribution in [2.45, 2.75) is 26.4 Å². The van der Waals surface area contributed by atoms with Crippen LogP contribution >= 0.6 is 11.3 Å². The van der Waals surface area contributed by atoms with Gasteiger partial charge in [-0.15, -0.1) is 11.3 Å². The van der Waals surface area contributed by atoms with Crippen LogP contribution < -0.4 is 15.4 Å². The first kappa shape index (κ1) is 23.2. The van der Waals surface area contributed by atoms with Gasteiger partial charge in [0.05, 0.1) is 12.6 Å². The number of benzene rings is 1. The van der Waals surface area contributed by atoms with Crippen molar-refractivity contribution in [2.24, 2.45) is 4.99 Å². The van der Waals surface area contributed by atoms with Gasteiger partial charge in [-0.3, -0.25) is 4.99 Å². The molecule has 0 aliphatic rings. The number of aryl methyl sites for hydroxylation is 1. The SMILES string of the molecule is CCOCCOc1cc(C)ccc1CNC(=NC)NCC(c1cccs1)N(C)C. The Kier molecular flexibility index (Phi) is 9.97. The summed E-state index contributed by atoms with van der Waals surface area (Å²) in [5, 5.41) is 8.96. The highest BCUT2D eigenvalue weighted by Crippen LogP contribution is 2.22. The number of rotatable bonds is 11. The molecule has 2 aromatic rings. The van der Waals surface area contributed by atoms with Crippen LogP contribution in [0.25, 0.3) is 0 Å². The van der Waals surface area contributed by atoms with Gasteiger partial charge in [0.25, 0.3) is 0 Å². The number of nitrogens with one attached hydrogen (secondary N) is 2.